The van der Waals surface area contributed by atoms with Crippen LogP contribution >= 0.6 is 11.3 Å². The zero-order valence-corrected chi connectivity index (χ0v) is 34.8. The fourth-order valence-electron chi connectivity index (χ4n) is 10.3. The summed E-state index contributed by atoms with van der Waals surface area (Å²) in [5.41, 5.74) is 18.2. The lowest BCUT2D eigenvalue weighted by Crippen LogP contribution is -2.33. The second-order valence-electron chi connectivity index (χ2n) is 16.9. The molecular formula is C56H47NS. The smallest absolute Gasteiger partial charge is 0.0487 e. The summed E-state index contributed by atoms with van der Waals surface area (Å²) in [5, 5.41) is 2.64. The van der Waals surface area contributed by atoms with Gasteiger partial charge in [-0.15, -0.1) is 11.3 Å². The molecule has 0 aliphatic heterocycles. The second kappa shape index (κ2) is 13.4. The molecule has 7 aromatic carbocycles. The molecule has 1 nitrogen and oxygen atoms in total. The number of aryl methyl sites for hydroxylation is 1. The maximum absolute atomic E-state index is 4.23. The van der Waals surface area contributed by atoms with Gasteiger partial charge in [0, 0.05) is 48.1 Å². The molecule has 1 unspecified atom stereocenters. The van der Waals surface area contributed by atoms with E-state index < -0.39 is 0 Å². The molecular weight excluding hydrogens is 719 g/mol. The predicted molar refractivity (Wildman–Crippen MR) is 251 cm³/mol. The van der Waals surface area contributed by atoms with Crippen molar-refractivity contribution in [3.8, 4) is 22.3 Å². The van der Waals surface area contributed by atoms with Crippen LogP contribution in [-0.4, -0.2) is 0 Å². The lowest BCUT2D eigenvalue weighted by atomic mass is 9.65. The highest BCUT2D eigenvalue weighted by Crippen LogP contribution is 2.58. The third-order valence-electron chi connectivity index (χ3n) is 13.1. The van der Waals surface area contributed by atoms with Gasteiger partial charge in [0.1, 0.15) is 0 Å². The fraction of sp³-hybridized carbons (Fsp3) is 0.143. The molecule has 0 bridgehead atoms. The number of benzene rings is 7. The van der Waals surface area contributed by atoms with Gasteiger partial charge in [0.05, 0.1) is 0 Å². The highest BCUT2D eigenvalue weighted by Gasteiger charge is 2.47. The number of hydrogen-bond acceptors (Lipinski definition) is 2. The van der Waals surface area contributed by atoms with Crippen LogP contribution in [0.25, 0.3) is 48.0 Å². The normalized spacial score (nSPS) is 16.4. The molecule has 1 heterocycles. The van der Waals surface area contributed by atoms with E-state index in [9.17, 15) is 0 Å². The second-order valence-corrected chi connectivity index (χ2v) is 18.0. The number of rotatable bonds is 8. The Kier molecular flexibility index (Phi) is 8.37. The number of fused-ring (bicyclic) bond motifs is 7. The number of allylic oxidation sites excluding steroid dienone is 4. The van der Waals surface area contributed by atoms with E-state index in [0.29, 0.717) is 5.92 Å². The first-order valence-electron chi connectivity index (χ1n) is 20.4. The van der Waals surface area contributed by atoms with Crippen LogP contribution in [0.5, 0.6) is 0 Å². The Bertz CT molecular complexity index is 2990. The van der Waals surface area contributed by atoms with Gasteiger partial charge in [0.25, 0.3) is 0 Å². The summed E-state index contributed by atoms with van der Waals surface area (Å²) in [6.07, 6.45) is 4.00. The Morgan fingerprint density at radius 3 is 1.90 bits per heavy atom. The van der Waals surface area contributed by atoms with Crippen LogP contribution in [0.1, 0.15) is 61.1 Å². The summed E-state index contributed by atoms with van der Waals surface area (Å²) >= 11 is 1.86. The van der Waals surface area contributed by atoms with Gasteiger partial charge in [-0.3, -0.25) is 0 Å². The lowest BCUT2D eigenvalue weighted by Gasteiger charge is -2.38. The molecule has 8 aromatic rings. The number of thiophene rings is 1. The molecule has 2 heteroatoms. The van der Waals surface area contributed by atoms with Gasteiger partial charge in [-0.2, -0.15) is 0 Å². The van der Waals surface area contributed by atoms with Gasteiger partial charge in [-0.25, -0.2) is 0 Å². The molecule has 2 aliphatic carbocycles. The molecule has 0 radical (unpaired) electrons. The molecule has 1 atom stereocenters. The van der Waals surface area contributed by atoms with Crippen LogP contribution < -0.4 is 4.90 Å². The van der Waals surface area contributed by atoms with Crippen molar-refractivity contribution >= 4 is 54.1 Å². The van der Waals surface area contributed by atoms with E-state index in [-0.39, 0.29) is 10.8 Å². The Labute approximate surface area is 347 Å². The third-order valence-corrected chi connectivity index (χ3v) is 14.3. The molecule has 2 aliphatic rings. The summed E-state index contributed by atoms with van der Waals surface area (Å²) in [4.78, 5) is 2.46. The van der Waals surface area contributed by atoms with Crippen LogP contribution in [-0.2, 0) is 10.8 Å². The highest BCUT2D eigenvalue weighted by atomic mass is 32.1. The van der Waals surface area contributed by atoms with E-state index in [0.717, 1.165) is 17.1 Å². The minimum atomic E-state index is -0.308. The van der Waals surface area contributed by atoms with Crippen LogP contribution in [0.2, 0.25) is 0 Å². The number of hydrogen-bond donors (Lipinski definition) is 0. The minimum Gasteiger partial charge on any atom is -0.310 e. The summed E-state index contributed by atoms with van der Waals surface area (Å²) in [5.74, 6) is 0.305. The van der Waals surface area contributed by atoms with Crippen molar-refractivity contribution in [2.45, 2.75) is 45.4 Å². The van der Waals surface area contributed by atoms with Crippen molar-refractivity contribution in [3.05, 3.63) is 216 Å². The van der Waals surface area contributed by atoms with Crippen LogP contribution in [0, 0.1) is 12.8 Å². The monoisotopic (exact) mass is 765 g/mol. The summed E-state index contributed by atoms with van der Waals surface area (Å²) in [6, 6.07) is 57.3. The van der Waals surface area contributed by atoms with E-state index >= 15 is 0 Å². The quantitative estimate of drug-likeness (QED) is 0.149. The zero-order valence-electron chi connectivity index (χ0n) is 33.9. The van der Waals surface area contributed by atoms with Crippen molar-refractivity contribution in [1.29, 1.82) is 0 Å². The zero-order chi connectivity index (χ0) is 39.9. The molecule has 1 aromatic heterocycles. The first-order valence-corrected chi connectivity index (χ1v) is 21.2. The highest BCUT2D eigenvalue weighted by molar-refractivity contribution is 7.25. The van der Waals surface area contributed by atoms with Gasteiger partial charge < -0.3 is 4.90 Å². The van der Waals surface area contributed by atoms with Crippen molar-refractivity contribution in [2.75, 3.05) is 4.90 Å². The molecule has 0 N–H and O–H groups in total. The SMILES string of the molecule is C=CC1=C(C=C)C(C)(C)c2cc(N(c3ccc(-c4ccc5sc6ccccc6c5c4)cc3)c3ccc4c(c3)C(c3ccc(C)cc3)(C(C)C)c3ccccc3-4)ccc21. The molecule has 0 amide bonds. The lowest BCUT2D eigenvalue weighted by molar-refractivity contribution is 0.447. The molecule has 0 saturated carbocycles. The maximum atomic E-state index is 4.23. The number of anilines is 3. The van der Waals surface area contributed by atoms with Crippen LogP contribution in [0.4, 0.5) is 17.1 Å². The van der Waals surface area contributed by atoms with Gasteiger partial charge in [0.15, 0.2) is 0 Å². The molecule has 10 rings (SSSR count). The van der Waals surface area contributed by atoms with E-state index in [1.165, 1.54) is 87.0 Å². The predicted octanol–water partition coefficient (Wildman–Crippen LogP) is 15.9. The Morgan fingerprint density at radius 1 is 0.552 bits per heavy atom. The van der Waals surface area contributed by atoms with Gasteiger partial charge in [-0.05, 0) is 129 Å². The van der Waals surface area contributed by atoms with E-state index in [1.807, 2.05) is 23.5 Å². The minimum absolute atomic E-state index is 0.214. The average molecular weight is 766 g/mol. The maximum Gasteiger partial charge on any atom is 0.0487 e. The summed E-state index contributed by atoms with van der Waals surface area (Å²) < 4.78 is 2.65. The average Bonchev–Trinajstić information content (AvgIpc) is 3.84. The van der Waals surface area contributed by atoms with E-state index in [1.54, 1.807) is 0 Å². The Morgan fingerprint density at radius 2 is 1.17 bits per heavy atom. The molecule has 0 saturated heterocycles. The standard InChI is InChI=1S/C56H47NS/c1-8-43-45-29-27-41(33-51(45)55(6,7)49(43)9-2)57(40-25-20-37(21-26-40)38-22-31-54-48(32-38)47-15-11-13-17-53(47)58-54)42-28-30-46-44-14-10-12-16-50(44)56(35(3)4,52(46)34-42)39-23-18-36(5)19-24-39/h8-35H,1-2H2,3-7H3. The summed E-state index contributed by atoms with van der Waals surface area (Å²) in [7, 11) is 0. The molecule has 0 fully saturated rings. The summed E-state index contributed by atoms with van der Waals surface area (Å²) in [6.45, 7) is 20.0. The van der Waals surface area contributed by atoms with Crippen LogP contribution in [0.3, 0.4) is 0 Å². The molecule has 0 spiro atoms. The largest absolute Gasteiger partial charge is 0.310 e. The van der Waals surface area contributed by atoms with E-state index in [4.69, 9.17) is 0 Å². The van der Waals surface area contributed by atoms with Crippen LogP contribution in [0.15, 0.2) is 183 Å². The van der Waals surface area contributed by atoms with Crippen molar-refractivity contribution in [3.63, 3.8) is 0 Å². The third kappa shape index (κ3) is 5.21. The first kappa shape index (κ1) is 36.1. The Hall–Kier alpha value is -6.22. The van der Waals surface area contributed by atoms with Crippen molar-refractivity contribution < 1.29 is 0 Å². The van der Waals surface area contributed by atoms with Crippen molar-refractivity contribution in [1.82, 2.24) is 0 Å². The number of nitrogens with zero attached hydrogens (tertiary/aromatic N) is 1. The van der Waals surface area contributed by atoms with Gasteiger partial charge >= 0.3 is 0 Å². The van der Waals surface area contributed by atoms with Gasteiger partial charge in [0.2, 0.25) is 0 Å². The molecule has 58 heavy (non-hydrogen) atoms. The fourth-order valence-corrected chi connectivity index (χ4v) is 11.4. The first-order chi connectivity index (χ1) is 28.1. The van der Waals surface area contributed by atoms with Gasteiger partial charge in [-0.1, -0.05) is 156 Å². The Balaban J connectivity index is 1.16. The molecule has 282 valence electrons. The van der Waals surface area contributed by atoms with E-state index in [2.05, 4.69) is 204 Å². The topological polar surface area (TPSA) is 3.24 Å². The van der Waals surface area contributed by atoms with Crippen molar-refractivity contribution in [2.24, 2.45) is 5.92 Å².